The van der Waals surface area contributed by atoms with E-state index in [-0.39, 0.29) is 0 Å². The van der Waals surface area contributed by atoms with Crippen molar-refractivity contribution in [1.29, 1.82) is 0 Å². The summed E-state index contributed by atoms with van der Waals surface area (Å²) in [7, 11) is 0. The lowest BCUT2D eigenvalue weighted by Gasteiger charge is -2.27. The number of hydrogen-bond acceptors (Lipinski definition) is 1. The van der Waals surface area contributed by atoms with Crippen LogP contribution < -0.4 is 4.90 Å². The molecular weight excluding hydrogens is 773 g/mol. The third-order valence-corrected chi connectivity index (χ3v) is 12.8. The minimum atomic E-state index is 1.08. The summed E-state index contributed by atoms with van der Waals surface area (Å²) < 4.78 is 2.39. The van der Waals surface area contributed by atoms with Crippen molar-refractivity contribution < 1.29 is 0 Å². The zero-order valence-electron chi connectivity index (χ0n) is 35.1. The fraction of sp³-hybridized carbons (Fsp3) is 0. The van der Waals surface area contributed by atoms with Gasteiger partial charge < -0.3 is 9.47 Å². The quantitative estimate of drug-likeness (QED) is 0.139. The maximum atomic E-state index is 2.40. The average Bonchev–Trinajstić information content (AvgIpc) is 3.71. The van der Waals surface area contributed by atoms with Gasteiger partial charge in [-0.3, -0.25) is 0 Å². The Morgan fingerprint density at radius 1 is 0.250 bits per heavy atom. The number of fused-ring (bicyclic) bond motifs is 6. The van der Waals surface area contributed by atoms with Crippen LogP contribution in [-0.2, 0) is 0 Å². The van der Waals surface area contributed by atoms with E-state index in [1.165, 1.54) is 82.3 Å². The molecule has 1 heterocycles. The van der Waals surface area contributed by atoms with E-state index in [1.54, 1.807) is 0 Å². The van der Waals surface area contributed by atoms with Crippen molar-refractivity contribution in [2.24, 2.45) is 0 Å². The summed E-state index contributed by atoms with van der Waals surface area (Å²) >= 11 is 0. The molecule has 11 aromatic carbocycles. The Morgan fingerprint density at radius 2 is 0.766 bits per heavy atom. The topological polar surface area (TPSA) is 8.17 Å². The van der Waals surface area contributed by atoms with Crippen LogP contribution in [0.4, 0.5) is 17.1 Å². The summed E-state index contributed by atoms with van der Waals surface area (Å²) in [5.74, 6) is 0. The largest absolute Gasteiger partial charge is 0.310 e. The van der Waals surface area contributed by atoms with Gasteiger partial charge in [-0.1, -0.05) is 188 Å². The van der Waals surface area contributed by atoms with E-state index in [0.717, 1.165) is 28.3 Å². The number of para-hydroxylation sites is 2. The van der Waals surface area contributed by atoms with E-state index in [4.69, 9.17) is 0 Å². The van der Waals surface area contributed by atoms with Crippen molar-refractivity contribution in [3.63, 3.8) is 0 Å². The first-order chi connectivity index (χ1) is 31.7. The van der Waals surface area contributed by atoms with Crippen LogP contribution in [0.15, 0.2) is 255 Å². The molecule has 12 aromatic rings. The van der Waals surface area contributed by atoms with Crippen LogP contribution >= 0.6 is 0 Å². The van der Waals surface area contributed by atoms with Crippen molar-refractivity contribution >= 4 is 60.4 Å². The average molecular weight is 815 g/mol. The highest BCUT2D eigenvalue weighted by Gasteiger charge is 2.18. The molecule has 0 saturated carbocycles. The van der Waals surface area contributed by atoms with Gasteiger partial charge in [0.2, 0.25) is 0 Å². The maximum absolute atomic E-state index is 2.40. The van der Waals surface area contributed by atoms with Crippen LogP contribution in [0.5, 0.6) is 0 Å². The van der Waals surface area contributed by atoms with Crippen LogP contribution in [0.3, 0.4) is 0 Å². The van der Waals surface area contributed by atoms with Gasteiger partial charge in [0.15, 0.2) is 0 Å². The Hall–Kier alpha value is -8.46. The molecule has 12 rings (SSSR count). The molecule has 300 valence electrons. The minimum Gasteiger partial charge on any atom is -0.310 e. The Kier molecular flexibility index (Phi) is 9.20. The Labute approximate surface area is 373 Å². The first-order valence-corrected chi connectivity index (χ1v) is 22.0. The van der Waals surface area contributed by atoms with Crippen molar-refractivity contribution in [3.8, 4) is 50.2 Å². The molecule has 0 atom stereocenters. The Bertz CT molecular complexity index is 3570. The predicted octanol–water partition coefficient (Wildman–Crippen LogP) is 17.2. The molecular formula is C62H42N2. The van der Waals surface area contributed by atoms with Crippen LogP contribution in [0, 0.1) is 0 Å². The monoisotopic (exact) mass is 814 g/mol. The second kappa shape index (κ2) is 15.8. The van der Waals surface area contributed by atoms with Gasteiger partial charge in [-0.15, -0.1) is 0 Å². The molecule has 0 aliphatic rings. The molecule has 0 fully saturated rings. The predicted molar refractivity (Wildman–Crippen MR) is 272 cm³/mol. The molecule has 0 N–H and O–H groups in total. The van der Waals surface area contributed by atoms with Crippen molar-refractivity contribution in [2.45, 2.75) is 0 Å². The number of anilines is 3. The molecule has 0 radical (unpaired) electrons. The minimum absolute atomic E-state index is 1.08. The molecule has 64 heavy (non-hydrogen) atoms. The zero-order chi connectivity index (χ0) is 42.4. The van der Waals surface area contributed by atoms with Crippen LogP contribution in [0.25, 0.3) is 93.5 Å². The van der Waals surface area contributed by atoms with Gasteiger partial charge in [0.05, 0.1) is 11.0 Å². The van der Waals surface area contributed by atoms with Gasteiger partial charge in [-0.2, -0.15) is 0 Å². The number of nitrogens with zero attached hydrogens (tertiary/aromatic N) is 2. The number of aromatic nitrogens is 1. The molecule has 2 nitrogen and oxygen atoms in total. The molecule has 1 aromatic heterocycles. The summed E-state index contributed by atoms with van der Waals surface area (Å²) in [6, 6.07) is 92.7. The van der Waals surface area contributed by atoms with Gasteiger partial charge in [0.1, 0.15) is 0 Å². The molecule has 0 amide bonds. The summed E-state index contributed by atoms with van der Waals surface area (Å²) in [5, 5.41) is 7.57. The summed E-state index contributed by atoms with van der Waals surface area (Å²) in [5.41, 5.74) is 16.3. The molecule has 0 spiro atoms. The van der Waals surface area contributed by atoms with E-state index in [2.05, 4.69) is 264 Å². The first kappa shape index (κ1) is 37.3. The highest BCUT2D eigenvalue weighted by Crippen LogP contribution is 2.42. The fourth-order valence-electron chi connectivity index (χ4n) is 9.67. The van der Waals surface area contributed by atoms with Gasteiger partial charge in [-0.05, 0) is 133 Å². The third-order valence-electron chi connectivity index (χ3n) is 12.8. The summed E-state index contributed by atoms with van der Waals surface area (Å²) in [6.07, 6.45) is 0. The fourth-order valence-corrected chi connectivity index (χ4v) is 9.67. The second-order valence-corrected chi connectivity index (χ2v) is 16.5. The highest BCUT2D eigenvalue weighted by molar-refractivity contribution is 6.12. The molecule has 0 unspecified atom stereocenters. The van der Waals surface area contributed by atoms with E-state index in [9.17, 15) is 0 Å². The lowest BCUT2D eigenvalue weighted by atomic mass is 9.94. The SMILES string of the molecule is c1ccc(-c2cc(-c3ccccc3)cc(N(c3ccc(-c4ccc5c6ccccc6n(-c6ccccc6)c5c4)cc3)c3ccc(-c4cccc5c4ccc4ccccc45)cc3)c2)cc1. The number of rotatable bonds is 8. The van der Waals surface area contributed by atoms with Crippen molar-refractivity contribution in [1.82, 2.24) is 4.57 Å². The van der Waals surface area contributed by atoms with Crippen LogP contribution in [-0.4, -0.2) is 4.57 Å². The smallest absolute Gasteiger partial charge is 0.0547 e. The van der Waals surface area contributed by atoms with Gasteiger partial charge >= 0.3 is 0 Å². The first-order valence-electron chi connectivity index (χ1n) is 22.0. The van der Waals surface area contributed by atoms with Crippen LogP contribution in [0.1, 0.15) is 0 Å². The second-order valence-electron chi connectivity index (χ2n) is 16.5. The van der Waals surface area contributed by atoms with Crippen LogP contribution in [0.2, 0.25) is 0 Å². The van der Waals surface area contributed by atoms with E-state index < -0.39 is 0 Å². The van der Waals surface area contributed by atoms with Gasteiger partial charge in [-0.25, -0.2) is 0 Å². The number of hydrogen-bond donors (Lipinski definition) is 0. The van der Waals surface area contributed by atoms with Crippen molar-refractivity contribution in [3.05, 3.63) is 255 Å². The Morgan fingerprint density at radius 3 is 1.45 bits per heavy atom. The summed E-state index contributed by atoms with van der Waals surface area (Å²) in [6.45, 7) is 0. The van der Waals surface area contributed by atoms with E-state index in [1.807, 2.05) is 0 Å². The maximum Gasteiger partial charge on any atom is 0.0547 e. The molecule has 2 heteroatoms. The normalized spacial score (nSPS) is 11.4. The van der Waals surface area contributed by atoms with Gasteiger partial charge in [0.25, 0.3) is 0 Å². The van der Waals surface area contributed by atoms with Gasteiger partial charge in [0, 0.05) is 33.5 Å². The summed E-state index contributed by atoms with van der Waals surface area (Å²) in [4.78, 5) is 2.40. The van der Waals surface area contributed by atoms with E-state index in [0.29, 0.717) is 0 Å². The zero-order valence-corrected chi connectivity index (χ0v) is 35.1. The molecule has 0 aliphatic carbocycles. The molecule has 0 aliphatic heterocycles. The lowest BCUT2D eigenvalue weighted by molar-refractivity contribution is 1.18. The highest BCUT2D eigenvalue weighted by atomic mass is 15.1. The van der Waals surface area contributed by atoms with E-state index >= 15 is 0 Å². The molecule has 0 bridgehead atoms. The standard InChI is InChI=1S/C62H42N2/c1-4-15-43(16-5-1)49-39-50(44-17-6-2-7-18-44)41-54(40-49)63(53-35-29-47(30-36-53)56-24-14-25-57-55-22-11-10-19-46(55)31-37-58(56)57)52-33-27-45(28-34-52)48-32-38-60-59-23-12-13-26-61(59)64(62(60)42-48)51-20-8-3-9-21-51/h1-42H. The number of benzene rings is 11. The lowest BCUT2D eigenvalue weighted by Crippen LogP contribution is -2.10. The van der Waals surface area contributed by atoms with Crippen molar-refractivity contribution in [2.75, 3.05) is 4.90 Å². The Balaban J connectivity index is 0.996. The third kappa shape index (κ3) is 6.61. The molecule has 0 saturated heterocycles.